The van der Waals surface area contributed by atoms with Gasteiger partial charge in [-0.05, 0) is 19.3 Å². The van der Waals surface area contributed by atoms with Crippen LogP contribution < -0.4 is 0 Å². The van der Waals surface area contributed by atoms with E-state index in [2.05, 4.69) is 39.5 Å². The van der Waals surface area contributed by atoms with Gasteiger partial charge in [-0.2, -0.15) is 0 Å². The Hall–Kier alpha value is -0.310. The van der Waals surface area contributed by atoms with E-state index in [1.54, 1.807) is 0 Å². The van der Waals surface area contributed by atoms with Gasteiger partial charge in [-0.3, -0.25) is 0 Å². The summed E-state index contributed by atoms with van der Waals surface area (Å²) in [6, 6.07) is 0. The van der Waals surface area contributed by atoms with Gasteiger partial charge in [-0.25, -0.2) is 4.98 Å². The maximum atomic E-state index is 4.31. The van der Waals surface area contributed by atoms with Gasteiger partial charge in [0.05, 0.1) is 0 Å². The maximum absolute atomic E-state index is 4.31. The average molecular weight is 259 g/mol. The molecule has 0 saturated heterocycles. The van der Waals surface area contributed by atoms with E-state index in [-0.39, 0.29) is 0 Å². The molecule has 1 aromatic heterocycles. The van der Waals surface area contributed by atoms with Crippen molar-refractivity contribution >= 4 is 15.9 Å². The van der Waals surface area contributed by atoms with E-state index < -0.39 is 0 Å². The molecule has 0 N–H and O–H groups in total. The van der Waals surface area contributed by atoms with Crippen LogP contribution in [0.1, 0.15) is 38.4 Å². The number of hydrogen-bond donors (Lipinski definition) is 0. The van der Waals surface area contributed by atoms with Crippen LogP contribution in [0.2, 0.25) is 0 Å². The van der Waals surface area contributed by atoms with Crippen molar-refractivity contribution in [1.29, 1.82) is 0 Å². The first-order chi connectivity index (χ1) is 6.74. The van der Waals surface area contributed by atoms with E-state index in [0.717, 1.165) is 6.42 Å². The lowest BCUT2D eigenvalue weighted by atomic mass is 10.1. The summed E-state index contributed by atoms with van der Waals surface area (Å²) in [6.45, 7) is 2.23. The second-order valence-corrected chi connectivity index (χ2v) is 5.03. The Labute approximate surface area is 94.9 Å². The highest BCUT2D eigenvalue weighted by atomic mass is 79.9. The van der Waals surface area contributed by atoms with Gasteiger partial charge >= 0.3 is 0 Å². The number of alkyl halides is 1. The molecule has 14 heavy (non-hydrogen) atoms. The number of halogens is 1. The van der Waals surface area contributed by atoms with Crippen LogP contribution in [0.15, 0.2) is 12.4 Å². The molecule has 0 fully saturated rings. The summed E-state index contributed by atoms with van der Waals surface area (Å²) in [5.74, 6) is 1.20. The van der Waals surface area contributed by atoms with Crippen LogP contribution in [0, 0.1) is 0 Å². The monoisotopic (exact) mass is 258 g/mol. The fraction of sp³-hybridized carbons (Fsp3) is 0.727. The smallest absolute Gasteiger partial charge is 0.108 e. The standard InChI is InChI=1S/C11H19BrN2/c1-3-5-10(12)6-4-7-11-13-8-9-14(11)2/h8-10H,3-7H2,1-2H3. The Balaban J connectivity index is 2.19. The molecule has 1 unspecified atom stereocenters. The lowest BCUT2D eigenvalue weighted by Crippen LogP contribution is -2.01. The molecular formula is C11H19BrN2. The quantitative estimate of drug-likeness (QED) is 0.717. The fourth-order valence-corrected chi connectivity index (χ4v) is 2.36. The van der Waals surface area contributed by atoms with Crippen molar-refractivity contribution in [2.45, 2.75) is 43.9 Å². The molecule has 0 amide bonds. The van der Waals surface area contributed by atoms with Crippen molar-refractivity contribution in [1.82, 2.24) is 9.55 Å². The van der Waals surface area contributed by atoms with Crippen molar-refractivity contribution in [2.24, 2.45) is 7.05 Å². The van der Waals surface area contributed by atoms with E-state index in [1.807, 2.05) is 12.4 Å². The Morgan fingerprint density at radius 3 is 2.86 bits per heavy atom. The molecule has 3 heteroatoms. The molecule has 2 nitrogen and oxygen atoms in total. The fourth-order valence-electron chi connectivity index (χ4n) is 1.58. The molecule has 80 valence electrons. The predicted molar refractivity (Wildman–Crippen MR) is 63.8 cm³/mol. The molecule has 1 heterocycles. The van der Waals surface area contributed by atoms with Gasteiger partial charge in [-0.1, -0.05) is 29.3 Å². The minimum Gasteiger partial charge on any atom is -0.338 e. The van der Waals surface area contributed by atoms with Crippen molar-refractivity contribution in [3.63, 3.8) is 0 Å². The van der Waals surface area contributed by atoms with E-state index in [0.29, 0.717) is 4.83 Å². The Morgan fingerprint density at radius 1 is 1.50 bits per heavy atom. The lowest BCUT2D eigenvalue weighted by molar-refractivity contribution is 0.633. The van der Waals surface area contributed by atoms with Crippen molar-refractivity contribution in [3.8, 4) is 0 Å². The average Bonchev–Trinajstić information content (AvgIpc) is 2.52. The number of nitrogens with zero attached hydrogens (tertiary/aromatic N) is 2. The third kappa shape index (κ3) is 3.82. The number of imidazole rings is 1. The van der Waals surface area contributed by atoms with Crippen LogP contribution in [0.4, 0.5) is 0 Å². The Bertz CT molecular complexity index is 258. The van der Waals surface area contributed by atoms with Crippen LogP contribution in [0.5, 0.6) is 0 Å². The second-order valence-electron chi connectivity index (χ2n) is 3.73. The van der Waals surface area contributed by atoms with Gasteiger partial charge in [0.25, 0.3) is 0 Å². The first-order valence-corrected chi connectivity index (χ1v) is 6.26. The topological polar surface area (TPSA) is 17.8 Å². The van der Waals surface area contributed by atoms with Gasteiger partial charge in [0.2, 0.25) is 0 Å². The normalized spacial score (nSPS) is 13.1. The Kier molecular flexibility index (Phi) is 5.23. The molecule has 0 aliphatic heterocycles. The summed E-state index contributed by atoms with van der Waals surface area (Å²) in [7, 11) is 2.06. The maximum Gasteiger partial charge on any atom is 0.108 e. The number of rotatable bonds is 6. The second kappa shape index (κ2) is 6.23. The van der Waals surface area contributed by atoms with Gasteiger partial charge in [0, 0.05) is 30.7 Å². The van der Waals surface area contributed by atoms with E-state index in [4.69, 9.17) is 0 Å². The van der Waals surface area contributed by atoms with Gasteiger partial charge in [-0.15, -0.1) is 0 Å². The highest BCUT2D eigenvalue weighted by Crippen LogP contribution is 2.15. The highest BCUT2D eigenvalue weighted by molar-refractivity contribution is 9.09. The zero-order chi connectivity index (χ0) is 10.4. The Morgan fingerprint density at radius 2 is 2.29 bits per heavy atom. The van der Waals surface area contributed by atoms with E-state index in [9.17, 15) is 0 Å². The van der Waals surface area contributed by atoms with E-state index in [1.165, 1.54) is 31.5 Å². The SMILES string of the molecule is CCCC(Br)CCCc1nccn1C. The summed E-state index contributed by atoms with van der Waals surface area (Å²) in [5.41, 5.74) is 0. The number of hydrogen-bond acceptors (Lipinski definition) is 1. The first kappa shape index (κ1) is 11.8. The summed E-state index contributed by atoms with van der Waals surface area (Å²) in [6.07, 6.45) is 9.98. The zero-order valence-electron chi connectivity index (χ0n) is 9.04. The van der Waals surface area contributed by atoms with Crippen LogP contribution in [0.3, 0.4) is 0 Å². The van der Waals surface area contributed by atoms with Gasteiger partial charge in [0.1, 0.15) is 5.82 Å². The molecule has 1 aromatic rings. The van der Waals surface area contributed by atoms with Crippen molar-refractivity contribution in [2.75, 3.05) is 0 Å². The molecular weight excluding hydrogens is 240 g/mol. The largest absolute Gasteiger partial charge is 0.338 e. The lowest BCUT2D eigenvalue weighted by Gasteiger charge is -2.07. The summed E-state index contributed by atoms with van der Waals surface area (Å²) in [5, 5.41) is 0. The molecule has 0 spiro atoms. The number of aromatic nitrogens is 2. The van der Waals surface area contributed by atoms with Crippen LogP contribution in [0.25, 0.3) is 0 Å². The molecule has 0 aliphatic rings. The third-order valence-corrected chi connectivity index (χ3v) is 3.36. The highest BCUT2D eigenvalue weighted by Gasteiger charge is 2.04. The third-order valence-electron chi connectivity index (χ3n) is 2.44. The summed E-state index contributed by atoms with van der Waals surface area (Å²) >= 11 is 3.69. The molecule has 0 aliphatic carbocycles. The van der Waals surface area contributed by atoms with Crippen molar-refractivity contribution in [3.05, 3.63) is 18.2 Å². The summed E-state index contributed by atoms with van der Waals surface area (Å²) < 4.78 is 2.10. The predicted octanol–water partition coefficient (Wildman–Crippen LogP) is 3.31. The molecule has 0 aromatic carbocycles. The molecule has 1 rings (SSSR count). The van der Waals surface area contributed by atoms with E-state index >= 15 is 0 Å². The number of aryl methyl sites for hydroxylation is 2. The molecule has 0 radical (unpaired) electrons. The first-order valence-electron chi connectivity index (χ1n) is 5.34. The van der Waals surface area contributed by atoms with Crippen LogP contribution in [-0.2, 0) is 13.5 Å². The van der Waals surface area contributed by atoms with Gasteiger partial charge < -0.3 is 4.57 Å². The molecule has 0 saturated carbocycles. The van der Waals surface area contributed by atoms with Crippen molar-refractivity contribution < 1.29 is 0 Å². The van der Waals surface area contributed by atoms with Crippen LogP contribution in [-0.4, -0.2) is 14.4 Å². The molecule has 0 bridgehead atoms. The van der Waals surface area contributed by atoms with Gasteiger partial charge in [0.15, 0.2) is 0 Å². The zero-order valence-corrected chi connectivity index (χ0v) is 10.6. The summed E-state index contributed by atoms with van der Waals surface area (Å²) in [4.78, 5) is 4.99. The minimum absolute atomic E-state index is 0.688. The molecule has 1 atom stereocenters. The van der Waals surface area contributed by atoms with Crippen LogP contribution >= 0.6 is 15.9 Å². The minimum atomic E-state index is 0.688.